The summed E-state index contributed by atoms with van der Waals surface area (Å²) in [6.07, 6.45) is 17.9. The van der Waals surface area contributed by atoms with Gasteiger partial charge in [0.1, 0.15) is 0 Å². The molecular formula is C22H41OP. The summed E-state index contributed by atoms with van der Waals surface area (Å²) >= 11 is 0. The van der Waals surface area contributed by atoms with E-state index >= 15 is 0 Å². The van der Waals surface area contributed by atoms with Crippen LogP contribution in [0.1, 0.15) is 79.1 Å². The molecule has 140 valence electrons. The summed E-state index contributed by atoms with van der Waals surface area (Å²) in [6.45, 7) is 9.42. The van der Waals surface area contributed by atoms with Gasteiger partial charge >= 0.3 is 0 Å². The number of hydrogen-bond donors (Lipinski definition) is 0. The van der Waals surface area contributed by atoms with Crippen molar-refractivity contribution in [3.05, 3.63) is 30.3 Å². The van der Waals surface area contributed by atoms with Crippen LogP contribution in [-0.4, -0.2) is 24.6 Å². The van der Waals surface area contributed by atoms with E-state index in [2.05, 4.69) is 27.7 Å². The summed E-state index contributed by atoms with van der Waals surface area (Å²) < 4.78 is 0. The maximum absolute atomic E-state index is 10.3. The molecule has 0 amide bonds. The fourth-order valence-corrected chi connectivity index (χ4v) is 8.36. The molecule has 0 aliphatic heterocycles. The Morgan fingerprint density at radius 1 is 0.625 bits per heavy atom. The first-order valence-electron chi connectivity index (χ1n) is 10.2. The van der Waals surface area contributed by atoms with Crippen LogP contribution in [0, 0.1) is 0 Å². The van der Waals surface area contributed by atoms with Crippen LogP contribution in [0.3, 0.4) is 0 Å². The molecule has 0 heterocycles. The molecule has 0 aliphatic carbocycles. The topological polar surface area (TPSA) is 23.1 Å². The van der Waals surface area contributed by atoms with Crippen molar-refractivity contribution < 1.29 is 5.11 Å². The standard InChI is InChI=1S/C16H36P.C6H6O/c1-5-9-13-17(14-10-6-2,15-11-7-3)16-12-8-4;7-6-4-2-1-3-5-6/h5-16H2,1-4H3;1-5,7H/q+1;/p-1. The minimum Gasteiger partial charge on any atom is -0.872 e. The zero-order chi connectivity index (χ0) is 18.1. The molecule has 0 aliphatic rings. The Kier molecular flexibility index (Phi) is 15.6. The molecule has 24 heavy (non-hydrogen) atoms. The molecule has 0 bridgehead atoms. The van der Waals surface area contributed by atoms with Crippen molar-refractivity contribution in [2.24, 2.45) is 0 Å². The molecular weight excluding hydrogens is 311 g/mol. The second kappa shape index (κ2) is 15.9. The van der Waals surface area contributed by atoms with Crippen molar-refractivity contribution >= 4 is 7.26 Å². The van der Waals surface area contributed by atoms with Gasteiger partial charge in [0, 0.05) is 7.26 Å². The first-order chi connectivity index (χ1) is 11.6. The van der Waals surface area contributed by atoms with Crippen molar-refractivity contribution in [3.63, 3.8) is 0 Å². The summed E-state index contributed by atoms with van der Waals surface area (Å²) in [7, 11) is -0.562. The summed E-state index contributed by atoms with van der Waals surface area (Å²) in [5, 5.41) is 10.3. The van der Waals surface area contributed by atoms with Crippen molar-refractivity contribution in [1.29, 1.82) is 0 Å². The van der Waals surface area contributed by atoms with Crippen molar-refractivity contribution in [3.8, 4) is 5.75 Å². The Hall–Kier alpha value is -0.550. The van der Waals surface area contributed by atoms with Crippen LogP contribution in [0.15, 0.2) is 30.3 Å². The summed E-state index contributed by atoms with van der Waals surface area (Å²) in [5.74, 6) is 0.0718. The van der Waals surface area contributed by atoms with Gasteiger partial charge in [0.25, 0.3) is 0 Å². The van der Waals surface area contributed by atoms with Gasteiger partial charge in [0.15, 0.2) is 0 Å². The minimum atomic E-state index is -0.562. The number of rotatable bonds is 12. The predicted octanol–water partition coefficient (Wildman–Crippen LogP) is 6.96. The lowest BCUT2D eigenvalue weighted by molar-refractivity contribution is -0.268. The van der Waals surface area contributed by atoms with Crippen molar-refractivity contribution in [2.75, 3.05) is 24.6 Å². The first-order valence-corrected chi connectivity index (χ1v) is 12.7. The molecule has 0 saturated carbocycles. The normalized spacial score (nSPS) is 11.0. The van der Waals surface area contributed by atoms with Gasteiger partial charge < -0.3 is 5.11 Å². The molecule has 0 unspecified atom stereocenters. The van der Waals surface area contributed by atoms with E-state index in [0.29, 0.717) is 0 Å². The van der Waals surface area contributed by atoms with Crippen LogP contribution in [-0.2, 0) is 0 Å². The Morgan fingerprint density at radius 2 is 0.958 bits per heavy atom. The molecule has 1 nitrogen and oxygen atoms in total. The first kappa shape index (κ1) is 23.4. The summed E-state index contributed by atoms with van der Waals surface area (Å²) in [4.78, 5) is 0. The molecule has 1 aromatic rings. The number of unbranched alkanes of at least 4 members (excludes halogenated alkanes) is 4. The molecule has 0 radical (unpaired) electrons. The van der Waals surface area contributed by atoms with E-state index in [9.17, 15) is 5.11 Å². The van der Waals surface area contributed by atoms with E-state index < -0.39 is 7.26 Å². The molecule has 1 rings (SSSR count). The van der Waals surface area contributed by atoms with E-state index in [-0.39, 0.29) is 5.75 Å². The highest BCUT2D eigenvalue weighted by atomic mass is 31.2. The summed E-state index contributed by atoms with van der Waals surface area (Å²) in [6, 6.07) is 8.33. The lowest BCUT2D eigenvalue weighted by Crippen LogP contribution is -2.12. The maximum atomic E-state index is 10.3. The van der Waals surface area contributed by atoms with Gasteiger partial charge in [-0.15, -0.1) is 5.75 Å². The lowest BCUT2D eigenvalue weighted by atomic mass is 10.3. The second-order valence-corrected chi connectivity index (χ2v) is 11.4. The lowest BCUT2D eigenvalue weighted by Gasteiger charge is -2.28. The van der Waals surface area contributed by atoms with Crippen LogP contribution in [0.4, 0.5) is 0 Å². The zero-order valence-corrected chi connectivity index (χ0v) is 17.6. The van der Waals surface area contributed by atoms with Crippen LogP contribution in [0.25, 0.3) is 0 Å². The van der Waals surface area contributed by atoms with Crippen LogP contribution < -0.4 is 5.11 Å². The quantitative estimate of drug-likeness (QED) is 0.373. The summed E-state index contributed by atoms with van der Waals surface area (Å²) in [5.41, 5.74) is 0. The largest absolute Gasteiger partial charge is 0.872 e. The molecule has 1 aromatic carbocycles. The van der Waals surface area contributed by atoms with E-state index in [4.69, 9.17) is 0 Å². The average Bonchev–Trinajstić information content (AvgIpc) is 2.62. The molecule has 0 aromatic heterocycles. The highest BCUT2D eigenvalue weighted by Gasteiger charge is 2.34. The maximum Gasteiger partial charge on any atom is 0.0594 e. The van der Waals surface area contributed by atoms with E-state index in [1.54, 1.807) is 36.8 Å². The van der Waals surface area contributed by atoms with E-state index in [0.717, 1.165) is 0 Å². The molecule has 0 fully saturated rings. The van der Waals surface area contributed by atoms with Gasteiger partial charge in [-0.2, -0.15) is 0 Å². The number of para-hydroxylation sites is 1. The van der Waals surface area contributed by atoms with Gasteiger partial charge in [-0.05, 0) is 25.7 Å². The van der Waals surface area contributed by atoms with E-state index in [1.807, 2.05) is 6.07 Å². The molecule has 2 heteroatoms. The fraction of sp³-hybridized carbons (Fsp3) is 0.727. The van der Waals surface area contributed by atoms with Gasteiger partial charge in [0.05, 0.1) is 24.6 Å². The Balaban J connectivity index is 0.000000620. The monoisotopic (exact) mass is 352 g/mol. The smallest absolute Gasteiger partial charge is 0.0594 e. The Morgan fingerprint density at radius 3 is 1.17 bits per heavy atom. The molecule has 0 N–H and O–H groups in total. The van der Waals surface area contributed by atoms with Crippen LogP contribution >= 0.6 is 7.26 Å². The molecule has 0 saturated heterocycles. The Bertz CT molecular complexity index is 326. The van der Waals surface area contributed by atoms with Crippen molar-refractivity contribution in [2.45, 2.75) is 79.1 Å². The van der Waals surface area contributed by atoms with Gasteiger partial charge in [-0.1, -0.05) is 83.7 Å². The Labute approximate surface area is 152 Å². The highest BCUT2D eigenvalue weighted by molar-refractivity contribution is 7.75. The highest BCUT2D eigenvalue weighted by Crippen LogP contribution is 2.61. The van der Waals surface area contributed by atoms with Gasteiger partial charge in [0.2, 0.25) is 0 Å². The van der Waals surface area contributed by atoms with E-state index in [1.165, 1.54) is 63.5 Å². The van der Waals surface area contributed by atoms with Crippen molar-refractivity contribution in [1.82, 2.24) is 0 Å². The zero-order valence-electron chi connectivity index (χ0n) is 16.7. The van der Waals surface area contributed by atoms with Gasteiger partial charge in [-0.3, -0.25) is 0 Å². The van der Waals surface area contributed by atoms with Crippen LogP contribution in [0.5, 0.6) is 5.75 Å². The average molecular weight is 353 g/mol. The third kappa shape index (κ3) is 11.9. The predicted molar refractivity (Wildman–Crippen MR) is 112 cm³/mol. The fourth-order valence-electron chi connectivity index (χ4n) is 3.07. The third-order valence-electron chi connectivity index (χ3n) is 4.69. The SMILES string of the molecule is CCCC[P+](CCCC)(CCCC)CCCC.[O-]c1ccccc1. The second-order valence-electron chi connectivity index (χ2n) is 6.96. The molecule has 0 atom stereocenters. The third-order valence-corrected chi connectivity index (χ3v) is 9.75. The number of benzene rings is 1. The van der Waals surface area contributed by atoms with Crippen LogP contribution in [0.2, 0.25) is 0 Å². The van der Waals surface area contributed by atoms with Gasteiger partial charge in [-0.25, -0.2) is 0 Å². The number of hydrogen-bond acceptors (Lipinski definition) is 1. The minimum absolute atomic E-state index is 0.0718. The molecule has 0 spiro atoms.